The number of benzene rings is 3. The van der Waals surface area contributed by atoms with Gasteiger partial charge in [-0.3, -0.25) is 0 Å². The summed E-state index contributed by atoms with van der Waals surface area (Å²) >= 11 is 8.41. The van der Waals surface area contributed by atoms with Gasteiger partial charge in [-0.2, -0.15) is 8.75 Å². The van der Waals surface area contributed by atoms with E-state index in [0.29, 0.717) is 0 Å². The lowest BCUT2D eigenvalue weighted by Gasteiger charge is -2.16. The lowest BCUT2D eigenvalue weighted by molar-refractivity contribution is 1.32. The van der Waals surface area contributed by atoms with Crippen LogP contribution in [0.5, 0.6) is 0 Å². The average Bonchev–Trinajstić information content (AvgIpc) is 3.27. The zero-order chi connectivity index (χ0) is 20.4. The average molecular weight is 473 g/mol. The zero-order valence-electron chi connectivity index (χ0n) is 16.6. The Labute approximate surface area is 193 Å². The molecule has 29 heavy (non-hydrogen) atoms. The molecule has 3 aromatic carbocycles. The molecular weight excluding hydrogens is 453 g/mol. The van der Waals surface area contributed by atoms with E-state index in [4.69, 9.17) is 8.75 Å². The van der Waals surface area contributed by atoms with Crippen molar-refractivity contribution < 1.29 is 0 Å². The molecule has 0 aliphatic carbocycles. The van der Waals surface area contributed by atoms with E-state index in [2.05, 4.69) is 73.6 Å². The van der Waals surface area contributed by atoms with Crippen molar-refractivity contribution in [2.24, 2.45) is 0 Å². The first-order chi connectivity index (χ1) is 14.2. The second-order valence-corrected chi connectivity index (χ2v) is 10.1. The maximum atomic E-state index is 4.74. The van der Waals surface area contributed by atoms with Crippen LogP contribution >= 0.6 is 58.8 Å². The van der Waals surface area contributed by atoms with Gasteiger partial charge in [0, 0.05) is 41.8 Å². The number of hydrogen-bond acceptors (Lipinski definition) is 7. The first kappa shape index (κ1) is 21.1. The standard InChI is InChI=1S/C22H20N2S5/c1-25-15-7-5-8-16(26-2)19(15)13-11-12-14(22-21(13)23-29-24-22)20-17(27-3)9-6-10-18(20)28-4/h5-12H,1-4H3. The zero-order valence-corrected chi connectivity index (χ0v) is 20.6. The van der Waals surface area contributed by atoms with Crippen LogP contribution in [0.3, 0.4) is 0 Å². The van der Waals surface area contributed by atoms with Gasteiger partial charge in [0.25, 0.3) is 0 Å². The molecule has 0 saturated carbocycles. The molecule has 4 aromatic rings. The molecule has 2 nitrogen and oxygen atoms in total. The monoisotopic (exact) mass is 472 g/mol. The quantitative estimate of drug-likeness (QED) is 0.264. The Bertz CT molecular complexity index is 1040. The molecule has 0 spiro atoms. The highest BCUT2D eigenvalue weighted by molar-refractivity contribution is 8.00. The molecule has 0 saturated heterocycles. The minimum Gasteiger partial charge on any atom is -0.172 e. The van der Waals surface area contributed by atoms with Crippen LogP contribution in [-0.2, 0) is 0 Å². The number of nitrogens with zero attached hydrogens (tertiary/aromatic N) is 2. The van der Waals surface area contributed by atoms with Crippen LogP contribution in [0.25, 0.3) is 33.3 Å². The van der Waals surface area contributed by atoms with Gasteiger partial charge < -0.3 is 0 Å². The fraction of sp³-hybridized carbons (Fsp3) is 0.182. The minimum atomic E-state index is 0.993. The molecule has 0 amide bonds. The minimum absolute atomic E-state index is 0.993. The molecule has 0 fully saturated rings. The van der Waals surface area contributed by atoms with Gasteiger partial charge in [-0.25, -0.2) is 0 Å². The van der Waals surface area contributed by atoms with Gasteiger partial charge in [-0.1, -0.05) is 24.3 Å². The van der Waals surface area contributed by atoms with E-state index in [-0.39, 0.29) is 0 Å². The molecule has 0 radical (unpaired) electrons. The Balaban J connectivity index is 2.02. The molecule has 0 N–H and O–H groups in total. The van der Waals surface area contributed by atoms with E-state index in [9.17, 15) is 0 Å². The van der Waals surface area contributed by atoms with Gasteiger partial charge in [0.05, 0.1) is 11.7 Å². The molecule has 0 bridgehead atoms. The van der Waals surface area contributed by atoms with Crippen LogP contribution in [-0.4, -0.2) is 33.8 Å². The van der Waals surface area contributed by atoms with Crippen LogP contribution in [0.1, 0.15) is 0 Å². The number of hydrogen-bond donors (Lipinski definition) is 0. The number of rotatable bonds is 6. The topological polar surface area (TPSA) is 25.8 Å². The second-order valence-electron chi connectivity index (χ2n) is 6.20. The predicted octanol–water partition coefficient (Wildman–Crippen LogP) is 7.91. The molecule has 0 aliphatic heterocycles. The van der Waals surface area contributed by atoms with Crippen molar-refractivity contribution >= 4 is 69.8 Å². The summed E-state index contributed by atoms with van der Waals surface area (Å²) in [6.45, 7) is 0. The Morgan fingerprint density at radius 2 is 0.897 bits per heavy atom. The molecule has 7 heteroatoms. The summed E-state index contributed by atoms with van der Waals surface area (Å²) in [5.41, 5.74) is 6.85. The van der Waals surface area contributed by atoms with Gasteiger partial charge in [0.1, 0.15) is 11.0 Å². The molecule has 1 heterocycles. The Morgan fingerprint density at radius 3 is 1.21 bits per heavy atom. The van der Waals surface area contributed by atoms with E-state index >= 15 is 0 Å². The van der Waals surface area contributed by atoms with Gasteiger partial charge >= 0.3 is 0 Å². The van der Waals surface area contributed by atoms with Crippen molar-refractivity contribution in [2.75, 3.05) is 25.0 Å². The Hall–Kier alpha value is -1.12. The summed E-state index contributed by atoms with van der Waals surface area (Å²) in [6.07, 6.45) is 8.53. The van der Waals surface area contributed by atoms with Crippen LogP contribution in [0, 0.1) is 0 Å². The van der Waals surface area contributed by atoms with Crippen molar-refractivity contribution in [3.63, 3.8) is 0 Å². The van der Waals surface area contributed by atoms with Crippen LogP contribution in [0.15, 0.2) is 68.1 Å². The van der Waals surface area contributed by atoms with Crippen molar-refractivity contribution in [3.05, 3.63) is 48.5 Å². The van der Waals surface area contributed by atoms with E-state index in [1.807, 2.05) is 0 Å². The molecular formula is C22H20N2S5. The highest BCUT2D eigenvalue weighted by atomic mass is 32.2. The SMILES string of the molecule is CSc1cccc(SC)c1-c1ccc(-c2c(SC)cccc2SC)c2nsnc12. The summed E-state index contributed by atoms with van der Waals surface area (Å²) in [5.74, 6) is 0. The third-order valence-electron chi connectivity index (χ3n) is 4.81. The second kappa shape index (κ2) is 9.35. The Kier molecular flexibility index (Phi) is 6.81. The molecule has 0 atom stereocenters. The number of fused-ring (bicyclic) bond motifs is 1. The van der Waals surface area contributed by atoms with Crippen molar-refractivity contribution in [2.45, 2.75) is 19.6 Å². The summed E-state index contributed by atoms with van der Waals surface area (Å²) in [7, 11) is 0. The normalized spacial score (nSPS) is 11.3. The number of aromatic nitrogens is 2. The van der Waals surface area contributed by atoms with E-state index < -0.39 is 0 Å². The maximum absolute atomic E-state index is 4.74. The molecule has 148 valence electrons. The first-order valence-electron chi connectivity index (χ1n) is 8.91. The van der Waals surface area contributed by atoms with Gasteiger partial charge in [0.2, 0.25) is 0 Å². The highest BCUT2D eigenvalue weighted by Crippen LogP contribution is 2.45. The lowest BCUT2D eigenvalue weighted by atomic mass is 9.97. The third-order valence-corrected chi connectivity index (χ3v) is 8.46. The van der Waals surface area contributed by atoms with Crippen LogP contribution in [0.4, 0.5) is 0 Å². The van der Waals surface area contributed by atoms with Gasteiger partial charge in [-0.15, -0.1) is 47.0 Å². The van der Waals surface area contributed by atoms with Crippen molar-refractivity contribution in [1.82, 2.24) is 8.75 Å². The van der Waals surface area contributed by atoms with Crippen molar-refractivity contribution in [3.8, 4) is 22.3 Å². The molecule has 0 aliphatic rings. The molecule has 4 rings (SSSR count). The van der Waals surface area contributed by atoms with E-state index in [0.717, 1.165) is 11.0 Å². The van der Waals surface area contributed by atoms with Crippen LogP contribution < -0.4 is 0 Å². The molecule has 1 aromatic heterocycles. The lowest BCUT2D eigenvalue weighted by Crippen LogP contribution is -1.92. The van der Waals surface area contributed by atoms with Crippen LogP contribution in [0.2, 0.25) is 0 Å². The fourth-order valence-electron chi connectivity index (χ4n) is 3.50. The predicted molar refractivity (Wildman–Crippen MR) is 135 cm³/mol. The number of thioether (sulfide) groups is 4. The summed E-state index contributed by atoms with van der Waals surface area (Å²) in [4.78, 5) is 5.09. The largest absolute Gasteiger partial charge is 0.172 e. The smallest absolute Gasteiger partial charge is 0.113 e. The molecule has 0 unspecified atom stereocenters. The van der Waals surface area contributed by atoms with Crippen molar-refractivity contribution in [1.29, 1.82) is 0 Å². The van der Waals surface area contributed by atoms with Gasteiger partial charge in [-0.05, 0) is 49.3 Å². The fourth-order valence-corrected chi connectivity index (χ4v) is 6.76. The summed E-state index contributed by atoms with van der Waals surface area (Å²) in [5, 5.41) is 0. The summed E-state index contributed by atoms with van der Waals surface area (Å²) < 4.78 is 9.48. The van der Waals surface area contributed by atoms with E-state index in [1.54, 1.807) is 47.0 Å². The maximum Gasteiger partial charge on any atom is 0.113 e. The summed E-state index contributed by atoms with van der Waals surface area (Å²) in [6, 6.07) is 17.5. The first-order valence-corrected chi connectivity index (χ1v) is 14.5. The Morgan fingerprint density at radius 1 is 0.552 bits per heavy atom. The van der Waals surface area contributed by atoms with E-state index in [1.165, 1.54) is 53.6 Å². The van der Waals surface area contributed by atoms with Gasteiger partial charge in [0.15, 0.2) is 0 Å². The third kappa shape index (κ3) is 3.83. The highest BCUT2D eigenvalue weighted by Gasteiger charge is 2.20.